The molecule has 1 aliphatic heterocycles. The highest BCUT2D eigenvalue weighted by Gasteiger charge is 2.33. The quantitative estimate of drug-likeness (QED) is 0.911. The molecule has 2 rings (SSSR count). The number of amides is 2. The molecule has 1 unspecified atom stereocenters. The van der Waals surface area contributed by atoms with Gasteiger partial charge < -0.3 is 10.2 Å². The van der Waals surface area contributed by atoms with Gasteiger partial charge in [0.2, 0.25) is 5.91 Å². The van der Waals surface area contributed by atoms with Crippen LogP contribution in [0.2, 0.25) is 0 Å². The summed E-state index contributed by atoms with van der Waals surface area (Å²) in [5.74, 6) is 0.109. The predicted molar refractivity (Wildman–Crippen MR) is 80.1 cm³/mol. The first-order chi connectivity index (χ1) is 9.99. The van der Waals surface area contributed by atoms with Crippen molar-refractivity contribution in [2.75, 3.05) is 13.1 Å². The Morgan fingerprint density at radius 1 is 1.48 bits per heavy atom. The minimum absolute atomic E-state index is 0.0660. The largest absolute Gasteiger partial charge is 0.353 e. The highest BCUT2D eigenvalue weighted by molar-refractivity contribution is 5.97. The molecule has 1 fully saturated rings. The zero-order valence-electron chi connectivity index (χ0n) is 13.2. The van der Waals surface area contributed by atoms with E-state index in [-0.39, 0.29) is 23.8 Å². The molecule has 1 saturated heterocycles. The van der Waals surface area contributed by atoms with Crippen LogP contribution in [0.25, 0.3) is 0 Å². The van der Waals surface area contributed by atoms with E-state index in [0.717, 1.165) is 5.69 Å². The van der Waals surface area contributed by atoms with E-state index in [1.165, 1.54) is 0 Å². The fraction of sp³-hybridized carbons (Fsp3) is 0.667. The van der Waals surface area contributed by atoms with Crippen molar-refractivity contribution >= 4 is 11.8 Å². The van der Waals surface area contributed by atoms with Gasteiger partial charge in [0, 0.05) is 19.6 Å². The Hall–Kier alpha value is -1.85. The van der Waals surface area contributed by atoms with Crippen LogP contribution < -0.4 is 5.32 Å². The van der Waals surface area contributed by atoms with Crippen molar-refractivity contribution in [1.82, 2.24) is 20.0 Å². The molecular formula is C15H24N4O2. The van der Waals surface area contributed by atoms with Crippen LogP contribution in [0, 0.1) is 0 Å². The van der Waals surface area contributed by atoms with Crippen LogP contribution in [0.3, 0.4) is 0 Å². The van der Waals surface area contributed by atoms with Crippen molar-refractivity contribution < 1.29 is 9.59 Å². The van der Waals surface area contributed by atoms with Gasteiger partial charge in [0.15, 0.2) is 0 Å². The number of piperazine rings is 1. The highest BCUT2D eigenvalue weighted by atomic mass is 16.2. The number of hydrogen-bond acceptors (Lipinski definition) is 3. The standard InChI is InChI=1S/C15H24N4O2/c1-5-12-14(20)16-7-8-18(12)15(21)13-9-11(10(3)4)17-19(13)6-2/h9-10,12H,5-8H2,1-4H3,(H,16,20). The van der Waals surface area contributed by atoms with E-state index in [9.17, 15) is 9.59 Å². The maximum Gasteiger partial charge on any atom is 0.272 e. The summed E-state index contributed by atoms with van der Waals surface area (Å²) < 4.78 is 1.73. The van der Waals surface area contributed by atoms with E-state index in [1.54, 1.807) is 9.58 Å². The van der Waals surface area contributed by atoms with Crippen LogP contribution in [0.15, 0.2) is 6.07 Å². The lowest BCUT2D eigenvalue weighted by molar-refractivity contribution is -0.127. The first-order valence-corrected chi connectivity index (χ1v) is 7.66. The summed E-state index contributed by atoms with van der Waals surface area (Å²) in [5.41, 5.74) is 1.49. The molecule has 0 aromatic carbocycles. The van der Waals surface area contributed by atoms with E-state index in [2.05, 4.69) is 24.3 Å². The minimum Gasteiger partial charge on any atom is -0.353 e. The third-order valence-corrected chi connectivity index (χ3v) is 3.89. The summed E-state index contributed by atoms with van der Waals surface area (Å²) in [4.78, 5) is 26.4. The maximum absolute atomic E-state index is 12.8. The second-order valence-electron chi connectivity index (χ2n) is 5.64. The molecule has 1 N–H and O–H groups in total. The van der Waals surface area contributed by atoms with Crippen molar-refractivity contribution in [3.8, 4) is 0 Å². The summed E-state index contributed by atoms with van der Waals surface area (Å²) in [7, 11) is 0. The van der Waals surface area contributed by atoms with Gasteiger partial charge in [0.1, 0.15) is 11.7 Å². The second kappa shape index (κ2) is 6.28. The summed E-state index contributed by atoms with van der Waals surface area (Å²) in [6.07, 6.45) is 0.620. The van der Waals surface area contributed by atoms with Crippen LogP contribution in [0.1, 0.15) is 56.2 Å². The van der Waals surface area contributed by atoms with Gasteiger partial charge in [-0.1, -0.05) is 20.8 Å². The molecule has 1 aromatic rings. The summed E-state index contributed by atoms with van der Waals surface area (Å²) in [6, 6.07) is 1.48. The van der Waals surface area contributed by atoms with Crippen LogP contribution in [-0.2, 0) is 11.3 Å². The van der Waals surface area contributed by atoms with Crippen molar-refractivity contribution in [1.29, 1.82) is 0 Å². The lowest BCUT2D eigenvalue weighted by atomic mass is 10.1. The van der Waals surface area contributed by atoms with Gasteiger partial charge in [-0.3, -0.25) is 14.3 Å². The zero-order valence-corrected chi connectivity index (χ0v) is 13.2. The SMILES string of the molecule is CCC1C(=O)NCCN1C(=O)c1cc(C(C)C)nn1CC. The molecule has 0 spiro atoms. The number of aryl methyl sites for hydroxylation is 1. The predicted octanol–water partition coefficient (Wildman–Crippen LogP) is 1.38. The lowest BCUT2D eigenvalue weighted by Crippen LogP contribution is -2.57. The van der Waals surface area contributed by atoms with E-state index in [1.807, 2.05) is 19.9 Å². The molecule has 0 saturated carbocycles. The number of rotatable bonds is 4. The fourth-order valence-corrected chi connectivity index (χ4v) is 2.64. The van der Waals surface area contributed by atoms with Crippen LogP contribution >= 0.6 is 0 Å². The lowest BCUT2D eigenvalue weighted by Gasteiger charge is -2.34. The second-order valence-corrected chi connectivity index (χ2v) is 5.64. The van der Waals surface area contributed by atoms with Gasteiger partial charge in [-0.15, -0.1) is 0 Å². The number of nitrogens with one attached hydrogen (secondary N) is 1. The Bertz CT molecular complexity index is 536. The topological polar surface area (TPSA) is 67.2 Å². The van der Waals surface area contributed by atoms with Crippen molar-refractivity contribution in [2.45, 2.75) is 52.6 Å². The molecule has 2 amide bonds. The molecule has 6 heteroatoms. The monoisotopic (exact) mass is 292 g/mol. The summed E-state index contributed by atoms with van der Waals surface area (Å²) in [5, 5.41) is 7.30. The molecule has 6 nitrogen and oxygen atoms in total. The summed E-state index contributed by atoms with van der Waals surface area (Å²) in [6.45, 7) is 9.71. The number of aromatic nitrogens is 2. The fourth-order valence-electron chi connectivity index (χ4n) is 2.64. The van der Waals surface area contributed by atoms with E-state index < -0.39 is 0 Å². The molecule has 0 radical (unpaired) electrons. The molecule has 0 aliphatic carbocycles. The Labute approximate surface area is 125 Å². The first kappa shape index (κ1) is 15.5. The van der Waals surface area contributed by atoms with E-state index in [0.29, 0.717) is 31.7 Å². The number of hydrogen-bond donors (Lipinski definition) is 1. The number of nitrogens with zero attached hydrogens (tertiary/aromatic N) is 3. The van der Waals surface area contributed by atoms with E-state index >= 15 is 0 Å². The molecule has 21 heavy (non-hydrogen) atoms. The Balaban J connectivity index is 2.32. The van der Waals surface area contributed by atoms with E-state index in [4.69, 9.17) is 0 Å². The molecule has 1 aliphatic rings. The molecule has 1 aromatic heterocycles. The average Bonchev–Trinajstić information content (AvgIpc) is 2.90. The maximum atomic E-state index is 12.8. The molecule has 1 atom stereocenters. The average molecular weight is 292 g/mol. The van der Waals surface area contributed by atoms with Gasteiger partial charge in [-0.05, 0) is 25.3 Å². The van der Waals surface area contributed by atoms with Gasteiger partial charge >= 0.3 is 0 Å². The van der Waals surface area contributed by atoms with Crippen LogP contribution in [0.5, 0.6) is 0 Å². The van der Waals surface area contributed by atoms with Gasteiger partial charge in [-0.2, -0.15) is 5.10 Å². The Kier molecular flexibility index (Phi) is 4.65. The van der Waals surface area contributed by atoms with Crippen LogP contribution in [0.4, 0.5) is 0 Å². The smallest absolute Gasteiger partial charge is 0.272 e. The first-order valence-electron chi connectivity index (χ1n) is 7.66. The van der Waals surface area contributed by atoms with Gasteiger partial charge in [-0.25, -0.2) is 0 Å². The third kappa shape index (κ3) is 2.94. The Morgan fingerprint density at radius 2 is 2.19 bits per heavy atom. The van der Waals surface area contributed by atoms with Gasteiger partial charge in [0.05, 0.1) is 5.69 Å². The molecule has 116 valence electrons. The van der Waals surface area contributed by atoms with Crippen molar-refractivity contribution in [3.63, 3.8) is 0 Å². The number of carbonyl (C=O) groups excluding carboxylic acids is 2. The Morgan fingerprint density at radius 3 is 2.76 bits per heavy atom. The highest BCUT2D eigenvalue weighted by Crippen LogP contribution is 2.18. The van der Waals surface area contributed by atoms with Crippen molar-refractivity contribution in [2.24, 2.45) is 0 Å². The molecular weight excluding hydrogens is 268 g/mol. The summed E-state index contributed by atoms with van der Waals surface area (Å²) >= 11 is 0. The van der Waals surface area contributed by atoms with Crippen molar-refractivity contribution in [3.05, 3.63) is 17.5 Å². The zero-order chi connectivity index (χ0) is 15.6. The minimum atomic E-state index is -0.381. The number of carbonyl (C=O) groups is 2. The van der Waals surface area contributed by atoms with Gasteiger partial charge in [0.25, 0.3) is 5.91 Å². The normalized spacial score (nSPS) is 19.0. The third-order valence-electron chi connectivity index (χ3n) is 3.89. The molecule has 0 bridgehead atoms. The molecule has 2 heterocycles. The van der Waals surface area contributed by atoms with Crippen LogP contribution in [-0.4, -0.2) is 45.6 Å².